The van der Waals surface area contributed by atoms with Crippen molar-refractivity contribution in [1.82, 2.24) is 19.1 Å². The summed E-state index contributed by atoms with van der Waals surface area (Å²) in [6.45, 7) is 3.26. The molecule has 7 heteroatoms. The van der Waals surface area contributed by atoms with E-state index in [2.05, 4.69) is 10.2 Å². The van der Waals surface area contributed by atoms with E-state index in [4.69, 9.17) is 0 Å². The Kier molecular flexibility index (Phi) is 3.09. The number of hydrogen-bond acceptors (Lipinski definition) is 4. The molecule has 0 saturated heterocycles. The topological polar surface area (TPSA) is 68.1 Å². The van der Waals surface area contributed by atoms with E-state index in [1.165, 1.54) is 15.4 Å². The summed E-state index contributed by atoms with van der Waals surface area (Å²) in [6, 6.07) is 5.55. The molecule has 22 heavy (non-hydrogen) atoms. The maximum Gasteiger partial charge on any atom is 0.243 e. The lowest BCUT2D eigenvalue weighted by Crippen LogP contribution is -2.38. The summed E-state index contributed by atoms with van der Waals surface area (Å²) in [6.07, 6.45) is 3.15. The van der Waals surface area contributed by atoms with E-state index in [1.807, 2.05) is 23.6 Å². The van der Waals surface area contributed by atoms with Crippen molar-refractivity contribution >= 4 is 10.0 Å². The number of aryl methyl sites for hydroxylation is 3. The molecule has 0 unspecified atom stereocenters. The van der Waals surface area contributed by atoms with Crippen LogP contribution in [0, 0.1) is 6.92 Å². The Morgan fingerprint density at radius 1 is 1.09 bits per heavy atom. The molecule has 0 spiro atoms. The van der Waals surface area contributed by atoms with Crippen molar-refractivity contribution in [2.45, 2.75) is 44.2 Å². The van der Waals surface area contributed by atoms with Gasteiger partial charge in [0.15, 0.2) is 0 Å². The van der Waals surface area contributed by atoms with Crippen LogP contribution in [0.2, 0.25) is 0 Å². The van der Waals surface area contributed by atoms with Crippen molar-refractivity contribution in [2.75, 3.05) is 6.54 Å². The summed E-state index contributed by atoms with van der Waals surface area (Å²) in [4.78, 5) is 0.401. The van der Waals surface area contributed by atoms with Crippen LogP contribution in [-0.4, -0.2) is 34.0 Å². The second kappa shape index (κ2) is 4.89. The molecule has 0 fully saturated rings. The molecule has 2 aromatic rings. The van der Waals surface area contributed by atoms with Gasteiger partial charge in [-0.15, -0.1) is 10.2 Å². The first-order valence-electron chi connectivity index (χ1n) is 7.56. The number of nitrogens with zero attached hydrogens (tertiary/aromatic N) is 4. The second-order valence-electron chi connectivity index (χ2n) is 5.94. The average molecular weight is 318 g/mol. The fourth-order valence-corrected chi connectivity index (χ4v) is 4.78. The van der Waals surface area contributed by atoms with Gasteiger partial charge in [0.05, 0.1) is 11.4 Å². The van der Waals surface area contributed by atoms with Crippen molar-refractivity contribution in [3.8, 4) is 0 Å². The van der Waals surface area contributed by atoms with Gasteiger partial charge in [-0.2, -0.15) is 4.31 Å². The SMILES string of the molecule is Cc1nnc2n1CCN(S(=O)(=O)c1ccc3c(c1)CCC3)C2. The van der Waals surface area contributed by atoms with Crippen LogP contribution >= 0.6 is 0 Å². The first-order valence-corrected chi connectivity index (χ1v) is 9.00. The first-order chi connectivity index (χ1) is 10.6. The van der Waals surface area contributed by atoms with E-state index >= 15 is 0 Å². The van der Waals surface area contributed by atoms with E-state index in [-0.39, 0.29) is 0 Å². The zero-order valence-corrected chi connectivity index (χ0v) is 13.3. The highest BCUT2D eigenvalue weighted by molar-refractivity contribution is 7.89. The molecule has 1 aromatic heterocycles. The Bertz CT molecular complexity index is 841. The highest BCUT2D eigenvalue weighted by Gasteiger charge is 2.30. The van der Waals surface area contributed by atoms with E-state index in [0.717, 1.165) is 25.1 Å². The number of hydrogen-bond donors (Lipinski definition) is 0. The Morgan fingerprint density at radius 2 is 1.91 bits per heavy atom. The average Bonchev–Trinajstić information content (AvgIpc) is 3.13. The Morgan fingerprint density at radius 3 is 2.77 bits per heavy atom. The molecule has 116 valence electrons. The number of benzene rings is 1. The van der Waals surface area contributed by atoms with Gasteiger partial charge in [-0.3, -0.25) is 0 Å². The third-order valence-electron chi connectivity index (χ3n) is 4.61. The third kappa shape index (κ3) is 2.07. The lowest BCUT2D eigenvalue weighted by Gasteiger charge is -2.27. The lowest BCUT2D eigenvalue weighted by molar-refractivity contribution is 0.333. The van der Waals surface area contributed by atoms with Crippen molar-refractivity contribution in [2.24, 2.45) is 0 Å². The van der Waals surface area contributed by atoms with Gasteiger partial charge < -0.3 is 4.57 Å². The minimum atomic E-state index is -3.46. The van der Waals surface area contributed by atoms with Crippen LogP contribution in [0.3, 0.4) is 0 Å². The fraction of sp³-hybridized carbons (Fsp3) is 0.467. The summed E-state index contributed by atoms with van der Waals surface area (Å²) in [5, 5.41) is 8.10. The van der Waals surface area contributed by atoms with Crippen molar-refractivity contribution in [1.29, 1.82) is 0 Å². The maximum atomic E-state index is 12.9. The summed E-state index contributed by atoms with van der Waals surface area (Å²) in [7, 11) is -3.46. The lowest BCUT2D eigenvalue weighted by atomic mass is 10.1. The van der Waals surface area contributed by atoms with E-state index in [0.29, 0.717) is 30.4 Å². The normalized spacial score (nSPS) is 18.2. The van der Waals surface area contributed by atoms with Crippen LogP contribution < -0.4 is 0 Å². The molecule has 1 aliphatic carbocycles. The molecule has 0 N–H and O–H groups in total. The van der Waals surface area contributed by atoms with Gasteiger partial charge >= 0.3 is 0 Å². The minimum Gasteiger partial charge on any atom is -0.313 e. The molecule has 1 aromatic carbocycles. The smallest absolute Gasteiger partial charge is 0.243 e. The predicted molar refractivity (Wildman–Crippen MR) is 80.8 cm³/mol. The molecule has 6 nitrogen and oxygen atoms in total. The van der Waals surface area contributed by atoms with Crippen molar-refractivity contribution in [3.05, 3.63) is 41.0 Å². The van der Waals surface area contributed by atoms with E-state index < -0.39 is 10.0 Å². The largest absolute Gasteiger partial charge is 0.313 e. The highest BCUT2D eigenvalue weighted by atomic mass is 32.2. The fourth-order valence-electron chi connectivity index (χ4n) is 3.34. The van der Waals surface area contributed by atoms with Crippen LogP contribution in [0.5, 0.6) is 0 Å². The highest BCUT2D eigenvalue weighted by Crippen LogP contribution is 2.27. The summed E-state index contributed by atoms with van der Waals surface area (Å²) in [5.41, 5.74) is 2.46. The number of aromatic nitrogens is 3. The van der Waals surface area contributed by atoms with Crippen molar-refractivity contribution in [3.63, 3.8) is 0 Å². The molecule has 0 saturated carbocycles. The predicted octanol–water partition coefficient (Wildman–Crippen LogP) is 1.28. The van der Waals surface area contributed by atoms with Gasteiger partial charge in [-0.05, 0) is 49.4 Å². The van der Waals surface area contributed by atoms with Crippen LogP contribution in [-0.2, 0) is 36.0 Å². The molecule has 4 rings (SSSR count). The van der Waals surface area contributed by atoms with Gasteiger partial charge in [-0.25, -0.2) is 8.42 Å². The Hall–Kier alpha value is -1.73. The molecule has 0 radical (unpaired) electrons. The minimum absolute atomic E-state index is 0.292. The third-order valence-corrected chi connectivity index (χ3v) is 6.45. The summed E-state index contributed by atoms with van der Waals surface area (Å²) < 4.78 is 29.2. The first kappa shape index (κ1) is 13.9. The monoisotopic (exact) mass is 318 g/mol. The number of sulfonamides is 1. The molecule has 2 aliphatic rings. The Balaban J connectivity index is 1.67. The van der Waals surface area contributed by atoms with Gasteiger partial charge in [0.2, 0.25) is 10.0 Å². The molecule has 0 amide bonds. The molecular formula is C15H18N4O2S. The number of rotatable bonds is 2. The van der Waals surface area contributed by atoms with E-state index in [1.54, 1.807) is 6.07 Å². The van der Waals surface area contributed by atoms with Gasteiger partial charge in [-0.1, -0.05) is 6.07 Å². The van der Waals surface area contributed by atoms with Gasteiger partial charge in [0.1, 0.15) is 11.6 Å². The standard InChI is InChI=1S/C15H18N4O2S/c1-11-16-17-15-10-18(7-8-19(11)15)22(20,21)14-6-5-12-3-2-4-13(12)9-14/h5-6,9H,2-4,7-8,10H2,1H3. The molecule has 0 bridgehead atoms. The second-order valence-corrected chi connectivity index (χ2v) is 7.88. The molecule has 1 aliphatic heterocycles. The molecule has 2 heterocycles. The maximum absolute atomic E-state index is 12.9. The van der Waals surface area contributed by atoms with Gasteiger partial charge in [0.25, 0.3) is 0 Å². The van der Waals surface area contributed by atoms with E-state index in [9.17, 15) is 8.42 Å². The van der Waals surface area contributed by atoms with Crippen LogP contribution in [0.4, 0.5) is 0 Å². The summed E-state index contributed by atoms with van der Waals surface area (Å²) in [5.74, 6) is 1.55. The summed E-state index contributed by atoms with van der Waals surface area (Å²) >= 11 is 0. The van der Waals surface area contributed by atoms with Gasteiger partial charge in [0, 0.05) is 13.1 Å². The quantitative estimate of drug-likeness (QED) is 0.836. The number of fused-ring (bicyclic) bond motifs is 2. The van der Waals surface area contributed by atoms with Crippen LogP contribution in [0.25, 0.3) is 0 Å². The molecule has 0 atom stereocenters. The van der Waals surface area contributed by atoms with Crippen LogP contribution in [0.1, 0.15) is 29.2 Å². The Labute approximate surface area is 129 Å². The van der Waals surface area contributed by atoms with Crippen LogP contribution in [0.15, 0.2) is 23.1 Å². The zero-order valence-electron chi connectivity index (χ0n) is 12.5. The zero-order chi connectivity index (χ0) is 15.3. The molecular weight excluding hydrogens is 300 g/mol. The van der Waals surface area contributed by atoms with Crippen molar-refractivity contribution < 1.29 is 8.42 Å².